The van der Waals surface area contributed by atoms with E-state index in [4.69, 9.17) is 5.73 Å². The average molecular weight is 494 g/mol. The fraction of sp³-hybridized carbons (Fsp3) is 0.304. The molecule has 1 amide bonds. The van der Waals surface area contributed by atoms with Crippen LogP contribution in [0.25, 0.3) is 0 Å². The van der Waals surface area contributed by atoms with Crippen LogP contribution >= 0.6 is 0 Å². The van der Waals surface area contributed by atoms with Gasteiger partial charge in [-0.2, -0.15) is 17.9 Å². The molecule has 11 heteroatoms. The van der Waals surface area contributed by atoms with Gasteiger partial charge in [-0.05, 0) is 48.2 Å². The van der Waals surface area contributed by atoms with E-state index in [9.17, 15) is 31.2 Å². The maximum atomic E-state index is 14.8. The van der Waals surface area contributed by atoms with Crippen LogP contribution in [0, 0.1) is 5.41 Å². The number of rotatable bonds is 4. The molecule has 2 aliphatic rings. The van der Waals surface area contributed by atoms with Crippen LogP contribution in [0.5, 0.6) is 0 Å². The molecule has 0 aromatic heterocycles. The number of anilines is 2. The third-order valence-corrected chi connectivity index (χ3v) is 7.41. The Morgan fingerprint density at radius 3 is 2.12 bits per heavy atom. The fourth-order valence-corrected chi connectivity index (χ4v) is 5.80. The number of sulfonamides is 1. The van der Waals surface area contributed by atoms with Gasteiger partial charge in [0.25, 0.3) is 5.91 Å². The number of nitrogens with two attached hydrogens (primary N) is 1. The van der Waals surface area contributed by atoms with E-state index in [-0.39, 0.29) is 29.9 Å². The lowest BCUT2D eigenvalue weighted by molar-refractivity contribution is -0.184. The highest BCUT2D eigenvalue weighted by Gasteiger charge is 2.72. The molecular weight excluding hydrogens is 471 g/mol. The molecule has 0 saturated carbocycles. The second-order valence-electron chi connectivity index (χ2n) is 9.16. The number of carbonyl (C=O) groups is 2. The Labute approximate surface area is 194 Å². The van der Waals surface area contributed by atoms with Gasteiger partial charge in [0, 0.05) is 23.5 Å². The summed E-state index contributed by atoms with van der Waals surface area (Å²) >= 11 is 0. The van der Waals surface area contributed by atoms with Crippen LogP contribution in [0.1, 0.15) is 26.7 Å². The predicted molar refractivity (Wildman–Crippen MR) is 119 cm³/mol. The number of ketones is 1. The number of nitrogens with one attached hydrogen (secondary N) is 1. The molecule has 2 aromatic rings. The maximum Gasteiger partial charge on any atom is 0.421 e. The van der Waals surface area contributed by atoms with Gasteiger partial charge in [0.1, 0.15) is 0 Å². The molecule has 3 N–H and O–H groups in total. The fourth-order valence-electron chi connectivity index (χ4n) is 4.47. The Kier molecular flexibility index (Phi) is 5.41. The van der Waals surface area contributed by atoms with Gasteiger partial charge in [0.05, 0.1) is 10.5 Å². The maximum absolute atomic E-state index is 14.8. The highest BCUT2D eigenvalue weighted by molar-refractivity contribution is 7.89. The largest absolute Gasteiger partial charge is 0.421 e. The van der Waals surface area contributed by atoms with Crippen LogP contribution in [-0.2, 0) is 19.6 Å². The molecule has 7 nitrogen and oxygen atoms in total. The topological polar surface area (TPSA) is 110 Å². The van der Waals surface area contributed by atoms with E-state index in [0.717, 1.165) is 17.0 Å². The lowest BCUT2D eigenvalue weighted by Crippen LogP contribution is -2.66. The number of Topliss-reactive ketones (excluding diaryl/α,β-unsaturated/α-hetero) is 1. The number of para-hydroxylation sites is 1. The van der Waals surface area contributed by atoms with Gasteiger partial charge in [0.2, 0.25) is 15.6 Å². The Balaban J connectivity index is 1.98. The summed E-state index contributed by atoms with van der Waals surface area (Å²) in [4.78, 5) is 27.1. The standard InChI is InChI=1S/C23H22F3N3O4S/c1-21(2)12-17-19(18(30)13-21)22(23(24,25)26,20(31)29(17)15-6-4-3-5-7-15)28-34(32,33)16-10-8-14(27)9-11-16/h3-11,28H,12-13,27H2,1-2H3/t22-/m1/s1. The van der Waals surface area contributed by atoms with E-state index in [1.54, 1.807) is 24.6 Å². The van der Waals surface area contributed by atoms with E-state index >= 15 is 0 Å². The van der Waals surface area contributed by atoms with Crippen molar-refractivity contribution in [3.63, 3.8) is 0 Å². The highest BCUT2D eigenvalue weighted by atomic mass is 32.2. The quantitative estimate of drug-likeness (QED) is 0.634. The Hall–Kier alpha value is -3.18. The minimum atomic E-state index is -5.45. The van der Waals surface area contributed by atoms with Crippen molar-refractivity contribution in [2.24, 2.45) is 5.41 Å². The molecule has 1 heterocycles. The Morgan fingerprint density at radius 2 is 1.56 bits per heavy atom. The molecule has 0 fully saturated rings. The minimum Gasteiger partial charge on any atom is -0.399 e. The molecular formula is C23H22F3N3O4S. The zero-order valence-corrected chi connectivity index (χ0v) is 19.1. The number of nitrogens with zero attached hydrogens (tertiary/aromatic N) is 1. The molecule has 1 aliphatic heterocycles. The van der Waals surface area contributed by atoms with Crippen LogP contribution in [0.15, 0.2) is 70.8 Å². The molecule has 4 rings (SSSR count). The molecule has 1 atom stereocenters. The summed E-state index contributed by atoms with van der Waals surface area (Å²) in [5.41, 5.74) is 0.310. The number of carbonyl (C=O) groups excluding carboxylic acids is 2. The van der Waals surface area contributed by atoms with Crippen molar-refractivity contribution in [1.82, 2.24) is 4.72 Å². The normalized spacial score (nSPS) is 22.8. The smallest absolute Gasteiger partial charge is 0.399 e. The third kappa shape index (κ3) is 3.68. The number of halogens is 3. The van der Waals surface area contributed by atoms with Crippen LogP contribution < -0.4 is 15.4 Å². The number of nitrogen functional groups attached to an aromatic ring is 1. The zero-order valence-electron chi connectivity index (χ0n) is 18.3. The van der Waals surface area contributed by atoms with E-state index in [1.807, 2.05) is 0 Å². The van der Waals surface area contributed by atoms with Gasteiger partial charge in [-0.25, -0.2) is 8.42 Å². The summed E-state index contributed by atoms with van der Waals surface area (Å²) in [5.74, 6) is -2.53. The van der Waals surface area contributed by atoms with Crippen molar-refractivity contribution in [1.29, 1.82) is 0 Å². The van der Waals surface area contributed by atoms with Gasteiger partial charge in [0.15, 0.2) is 5.78 Å². The SMILES string of the molecule is CC1(C)CC(=O)C2=C(C1)N(c1ccccc1)C(=O)[C@@]2(NS(=O)(=O)c1ccc(N)cc1)C(F)(F)F. The van der Waals surface area contributed by atoms with E-state index in [2.05, 4.69) is 0 Å². The zero-order chi connectivity index (χ0) is 25.1. The number of hydrogen-bond acceptors (Lipinski definition) is 5. The lowest BCUT2D eigenvalue weighted by atomic mass is 9.72. The lowest BCUT2D eigenvalue weighted by Gasteiger charge is -2.35. The van der Waals surface area contributed by atoms with Crippen molar-refractivity contribution < 1.29 is 31.2 Å². The molecule has 34 heavy (non-hydrogen) atoms. The highest BCUT2D eigenvalue weighted by Crippen LogP contribution is 2.53. The van der Waals surface area contributed by atoms with Crippen LogP contribution in [0.2, 0.25) is 0 Å². The van der Waals surface area contributed by atoms with E-state index in [1.165, 1.54) is 36.4 Å². The average Bonchev–Trinajstić information content (AvgIpc) is 2.96. The van der Waals surface area contributed by atoms with Gasteiger partial charge >= 0.3 is 6.18 Å². The van der Waals surface area contributed by atoms with Gasteiger partial charge in [-0.1, -0.05) is 32.0 Å². The van der Waals surface area contributed by atoms with Crippen LogP contribution in [-0.4, -0.2) is 31.8 Å². The molecule has 2 aromatic carbocycles. The first-order valence-corrected chi connectivity index (χ1v) is 11.8. The van der Waals surface area contributed by atoms with Crippen molar-refractivity contribution in [2.45, 2.75) is 43.3 Å². The summed E-state index contributed by atoms with van der Waals surface area (Å²) in [6.45, 7) is 3.41. The number of benzene rings is 2. The van der Waals surface area contributed by atoms with Gasteiger partial charge < -0.3 is 5.73 Å². The monoisotopic (exact) mass is 493 g/mol. The number of allylic oxidation sites excluding steroid dienone is 1. The third-order valence-electron chi connectivity index (χ3n) is 5.94. The van der Waals surface area contributed by atoms with Crippen molar-refractivity contribution >= 4 is 33.1 Å². The van der Waals surface area contributed by atoms with E-state index in [0.29, 0.717) is 0 Å². The molecule has 0 bridgehead atoms. The predicted octanol–water partition coefficient (Wildman–Crippen LogP) is 3.54. The first-order valence-electron chi connectivity index (χ1n) is 10.3. The summed E-state index contributed by atoms with van der Waals surface area (Å²) < 4.78 is 72.2. The molecule has 180 valence electrons. The second kappa shape index (κ2) is 7.67. The van der Waals surface area contributed by atoms with Crippen molar-refractivity contribution in [2.75, 3.05) is 10.6 Å². The first kappa shape index (κ1) is 24.0. The van der Waals surface area contributed by atoms with Gasteiger partial charge in [-0.3, -0.25) is 14.5 Å². The summed E-state index contributed by atoms with van der Waals surface area (Å²) in [6, 6.07) is 12.0. The number of alkyl halides is 3. The van der Waals surface area contributed by atoms with Gasteiger partial charge in [-0.15, -0.1) is 0 Å². The number of amides is 1. The molecule has 0 saturated heterocycles. The first-order chi connectivity index (χ1) is 15.7. The summed E-state index contributed by atoms with van der Waals surface area (Å²) in [7, 11) is -4.90. The summed E-state index contributed by atoms with van der Waals surface area (Å²) in [5, 5.41) is 0. The Morgan fingerprint density at radius 1 is 0.971 bits per heavy atom. The minimum absolute atomic E-state index is 0.0316. The Bertz CT molecular complexity index is 1300. The van der Waals surface area contributed by atoms with E-state index < -0.39 is 49.3 Å². The second-order valence-corrected chi connectivity index (χ2v) is 10.8. The molecule has 0 radical (unpaired) electrons. The number of hydrogen-bond donors (Lipinski definition) is 2. The summed E-state index contributed by atoms with van der Waals surface area (Å²) in [6.07, 6.45) is -5.76. The van der Waals surface area contributed by atoms with Crippen LogP contribution in [0.3, 0.4) is 0 Å². The molecule has 0 spiro atoms. The molecule has 0 unspecified atom stereocenters. The van der Waals surface area contributed by atoms with Crippen molar-refractivity contribution in [3.8, 4) is 0 Å². The van der Waals surface area contributed by atoms with Crippen molar-refractivity contribution in [3.05, 3.63) is 65.9 Å². The molecule has 1 aliphatic carbocycles. The van der Waals surface area contributed by atoms with Crippen LogP contribution in [0.4, 0.5) is 24.5 Å².